The number of nitrogens with one attached hydrogen (secondary N) is 4. The van der Waals surface area contributed by atoms with Crippen molar-refractivity contribution in [2.75, 3.05) is 5.32 Å². The molecule has 9 heteroatoms. The van der Waals surface area contributed by atoms with E-state index in [-0.39, 0.29) is 5.82 Å². The number of hydrogen-bond acceptors (Lipinski definition) is 6. The molecule has 1 rings (SSSR count). The maximum atomic E-state index is 11.1. The van der Waals surface area contributed by atoms with Gasteiger partial charge in [-0.2, -0.15) is 0 Å². The zero-order valence-electron chi connectivity index (χ0n) is 7.83. The molecule has 82 valence electrons. The van der Waals surface area contributed by atoms with E-state index in [1.54, 1.807) is 0 Å². The van der Waals surface area contributed by atoms with Crippen LogP contribution in [-0.2, 0) is 4.79 Å². The first-order valence-electron chi connectivity index (χ1n) is 4.00. The van der Waals surface area contributed by atoms with Crippen LogP contribution in [0.5, 0.6) is 0 Å². The highest BCUT2D eigenvalue weighted by Crippen LogP contribution is 1.92. The molecule has 15 heavy (non-hydrogen) atoms. The monoisotopic (exact) mass is 214 g/mol. The maximum absolute atomic E-state index is 11.1. The quantitative estimate of drug-likeness (QED) is 0.209. The molecule has 0 bridgehead atoms. The predicted octanol–water partition coefficient (Wildman–Crippen LogP) is -2.75. The Morgan fingerprint density at radius 2 is 2.20 bits per heavy atom. The van der Waals surface area contributed by atoms with Gasteiger partial charge in [-0.25, -0.2) is 15.7 Å². The minimum absolute atomic E-state index is 0.161. The van der Waals surface area contributed by atoms with Crippen LogP contribution < -0.4 is 27.8 Å². The molecule has 1 heterocycles. The predicted molar refractivity (Wildman–Crippen MR) is 50.9 cm³/mol. The van der Waals surface area contributed by atoms with Crippen molar-refractivity contribution in [3.63, 3.8) is 0 Å². The summed E-state index contributed by atoms with van der Waals surface area (Å²) in [5.41, 5.74) is 0.469. The fraction of sp³-hybridized carbons (Fsp3) is 0.333. The van der Waals surface area contributed by atoms with Gasteiger partial charge >= 0.3 is 5.69 Å². The highest BCUT2D eigenvalue weighted by molar-refractivity contribution is 5.83. The van der Waals surface area contributed by atoms with Crippen molar-refractivity contribution in [2.45, 2.75) is 13.0 Å². The fourth-order valence-corrected chi connectivity index (χ4v) is 0.841. The molecule has 0 spiro atoms. The number of H-pyrrole nitrogens is 2. The second-order valence-electron chi connectivity index (χ2n) is 2.73. The molecule has 0 radical (unpaired) electrons. The van der Waals surface area contributed by atoms with Gasteiger partial charge in [0, 0.05) is 0 Å². The van der Waals surface area contributed by atoms with Crippen molar-refractivity contribution in [1.82, 2.24) is 20.6 Å². The molecule has 1 amide bonds. The van der Waals surface area contributed by atoms with E-state index in [1.165, 1.54) is 6.92 Å². The largest absolute Gasteiger partial charge is 0.353 e. The number of carbonyl (C=O) groups excluding carboxylic acids is 1. The minimum Gasteiger partial charge on any atom is -0.353 e. The summed E-state index contributed by atoms with van der Waals surface area (Å²) < 4.78 is 0. The Kier molecular flexibility index (Phi) is 3.18. The molecule has 1 unspecified atom stereocenters. The van der Waals surface area contributed by atoms with E-state index in [9.17, 15) is 14.4 Å². The number of hydrogen-bond donors (Lipinski definition) is 5. The van der Waals surface area contributed by atoms with Gasteiger partial charge in [0.05, 0.1) is 0 Å². The van der Waals surface area contributed by atoms with Crippen molar-refractivity contribution >= 4 is 11.7 Å². The lowest BCUT2D eigenvalue weighted by atomic mass is 10.3. The molecule has 0 aliphatic heterocycles. The number of anilines is 1. The second-order valence-corrected chi connectivity index (χ2v) is 2.73. The van der Waals surface area contributed by atoms with Crippen molar-refractivity contribution in [1.29, 1.82) is 0 Å². The zero-order chi connectivity index (χ0) is 11.4. The highest BCUT2D eigenvalue weighted by atomic mass is 16.2. The molecule has 0 aromatic carbocycles. The van der Waals surface area contributed by atoms with E-state index in [2.05, 4.69) is 10.4 Å². The fourth-order valence-electron chi connectivity index (χ4n) is 0.841. The first kappa shape index (κ1) is 10.9. The lowest BCUT2D eigenvalue weighted by Gasteiger charge is -2.10. The van der Waals surface area contributed by atoms with Crippen LogP contribution in [0.1, 0.15) is 6.92 Å². The van der Waals surface area contributed by atoms with Gasteiger partial charge in [0.15, 0.2) is 0 Å². The summed E-state index contributed by atoms with van der Waals surface area (Å²) in [4.78, 5) is 34.7. The third-order valence-corrected chi connectivity index (χ3v) is 1.60. The van der Waals surface area contributed by atoms with E-state index >= 15 is 0 Å². The van der Waals surface area contributed by atoms with Crippen LogP contribution in [0.4, 0.5) is 5.82 Å². The first-order chi connectivity index (χ1) is 7.04. The normalized spacial score (nSPS) is 11.9. The van der Waals surface area contributed by atoms with Gasteiger partial charge in [0.25, 0.3) is 11.5 Å². The summed E-state index contributed by atoms with van der Waals surface area (Å²) in [5.74, 6) is 4.21. The van der Waals surface area contributed by atoms with Crippen LogP contribution in [0.2, 0.25) is 0 Å². The van der Waals surface area contributed by atoms with Crippen LogP contribution in [0, 0.1) is 0 Å². The Bertz CT molecular complexity index is 462. The van der Waals surface area contributed by atoms with Gasteiger partial charge in [-0.3, -0.25) is 20.0 Å². The molecule has 9 nitrogen and oxygen atoms in total. The van der Waals surface area contributed by atoms with Gasteiger partial charge in [0.2, 0.25) is 5.82 Å². The molecule has 0 aliphatic rings. The first-order valence-corrected chi connectivity index (χ1v) is 4.00. The van der Waals surface area contributed by atoms with Gasteiger partial charge in [-0.05, 0) is 6.92 Å². The third-order valence-electron chi connectivity index (χ3n) is 1.60. The summed E-state index contributed by atoms with van der Waals surface area (Å²) in [6, 6.07) is -0.741. The Morgan fingerprint density at radius 1 is 1.53 bits per heavy atom. The molecule has 0 saturated heterocycles. The van der Waals surface area contributed by atoms with E-state index in [0.29, 0.717) is 0 Å². The molecule has 1 aromatic rings. The number of hydrazine groups is 1. The average molecular weight is 214 g/mol. The van der Waals surface area contributed by atoms with Crippen LogP contribution in [0.25, 0.3) is 0 Å². The molecular formula is C6H10N6O3. The number of nitrogens with zero attached hydrogens (tertiary/aromatic N) is 1. The number of nitrogens with two attached hydrogens (primary N) is 1. The van der Waals surface area contributed by atoms with E-state index in [1.807, 2.05) is 15.5 Å². The molecule has 0 saturated carbocycles. The molecular weight excluding hydrogens is 204 g/mol. The van der Waals surface area contributed by atoms with Gasteiger partial charge in [0.1, 0.15) is 6.04 Å². The minimum atomic E-state index is -0.741. The van der Waals surface area contributed by atoms with Crippen LogP contribution >= 0.6 is 0 Å². The number of aromatic nitrogens is 3. The molecule has 6 N–H and O–H groups in total. The molecule has 0 aliphatic carbocycles. The summed E-state index contributed by atoms with van der Waals surface area (Å²) in [6.45, 7) is 1.48. The summed E-state index contributed by atoms with van der Waals surface area (Å²) >= 11 is 0. The van der Waals surface area contributed by atoms with E-state index in [4.69, 9.17) is 5.84 Å². The summed E-state index contributed by atoms with van der Waals surface area (Å²) in [6.07, 6.45) is 0. The van der Waals surface area contributed by atoms with E-state index in [0.717, 1.165) is 0 Å². The third kappa shape index (κ3) is 2.64. The lowest BCUT2D eigenvalue weighted by molar-refractivity contribution is -0.121. The SMILES string of the molecule is CC(Nc1n[nH]c(=O)[nH]c1=O)C(=O)NN. The number of carbonyl (C=O) groups is 1. The molecule has 1 aromatic heterocycles. The average Bonchev–Trinajstić information content (AvgIpc) is 2.20. The van der Waals surface area contributed by atoms with Gasteiger partial charge < -0.3 is 5.32 Å². The second kappa shape index (κ2) is 4.37. The summed E-state index contributed by atoms with van der Waals surface area (Å²) in [5, 5.41) is 7.91. The van der Waals surface area contributed by atoms with Crippen molar-refractivity contribution in [3.8, 4) is 0 Å². The molecule has 1 atom stereocenters. The Labute approximate surface area is 83.0 Å². The molecule has 0 fully saturated rings. The smallest absolute Gasteiger partial charge is 0.342 e. The number of amides is 1. The highest BCUT2D eigenvalue weighted by Gasteiger charge is 2.13. The van der Waals surface area contributed by atoms with Gasteiger partial charge in [-0.15, -0.1) is 5.10 Å². The van der Waals surface area contributed by atoms with E-state index < -0.39 is 23.2 Å². The van der Waals surface area contributed by atoms with Gasteiger partial charge in [-0.1, -0.05) is 0 Å². The maximum Gasteiger partial charge on any atom is 0.342 e. The van der Waals surface area contributed by atoms with Crippen molar-refractivity contribution in [3.05, 3.63) is 20.8 Å². The standard InChI is InChI=1S/C6H10N6O3/c1-2(4(13)10-7)8-3-5(14)9-6(15)12-11-3/h2H,7H2,1H3,(H,8,11)(H,10,13)(H2,9,12,14,15). The topological polar surface area (TPSA) is 146 Å². The van der Waals surface area contributed by atoms with Crippen LogP contribution in [0.3, 0.4) is 0 Å². The Balaban J connectivity index is 2.86. The zero-order valence-corrected chi connectivity index (χ0v) is 7.83. The van der Waals surface area contributed by atoms with Crippen molar-refractivity contribution < 1.29 is 4.79 Å². The lowest BCUT2D eigenvalue weighted by Crippen LogP contribution is -2.43. The van der Waals surface area contributed by atoms with Crippen molar-refractivity contribution in [2.24, 2.45) is 5.84 Å². The van der Waals surface area contributed by atoms with Crippen LogP contribution in [-0.4, -0.2) is 27.1 Å². The summed E-state index contributed by atoms with van der Waals surface area (Å²) in [7, 11) is 0. The Morgan fingerprint density at radius 3 is 2.73 bits per heavy atom. The number of aromatic amines is 2. The van der Waals surface area contributed by atoms with Crippen LogP contribution in [0.15, 0.2) is 9.59 Å². The Hall–Kier alpha value is -2.16. The number of rotatable bonds is 3.